The summed E-state index contributed by atoms with van der Waals surface area (Å²) in [5, 5.41) is 3.16. The molecule has 1 aliphatic heterocycles. The largest absolute Gasteiger partial charge is 0.491 e. The van der Waals surface area contributed by atoms with Crippen molar-refractivity contribution in [3.05, 3.63) is 90.5 Å². The Morgan fingerprint density at radius 3 is 2.37 bits per heavy atom. The van der Waals surface area contributed by atoms with Crippen LogP contribution in [0.4, 0.5) is 11.4 Å². The van der Waals surface area contributed by atoms with Crippen LogP contribution in [0.15, 0.2) is 84.1 Å². The van der Waals surface area contributed by atoms with Gasteiger partial charge in [-0.25, -0.2) is 4.98 Å². The molecule has 11 nitrogen and oxygen atoms in total. The molecule has 2 atom stereocenters. The fraction of sp³-hybridized carbons (Fsp3) is 0.463. The first-order valence-electron chi connectivity index (χ1n) is 18.8. The number of nitrogens with zero attached hydrogens (tertiary/aromatic N) is 3. The van der Waals surface area contributed by atoms with E-state index in [2.05, 4.69) is 77.8 Å². The average molecular weight is 781 g/mol. The van der Waals surface area contributed by atoms with Crippen LogP contribution in [0.3, 0.4) is 0 Å². The molecule has 0 fully saturated rings. The molecule has 1 amide bonds. The quantitative estimate of drug-likeness (QED) is 0.0807. The van der Waals surface area contributed by atoms with Crippen LogP contribution in [-0.2, 0) is 42.7 Å². The Morgan fingerprint density at radius 2 is 1.70 bits per heavy atom. The third-order valence-corrected chi connectivity index (χ3v) is 10.2. The van der Waals surface area contributed by atoms with Gasteiger partial charge in [-0.15, -0.1) is 0 Å². The number of hydrogen-bond acceptors (Lipinski definition) is 8. The summed E-state index contributed by atoms with van der Waals surface area (Å²) < 4.78 is 52.6. The van der Waals surface area contributed by atoms with Crippen molar-refractivity contribution in [1.29, 1.82) is 0 Å². The van der Waals surface area contributed by atoms with Crippen molar-refractivity contribution in [1.82, 2.24) is 9.55 Å². The van der Waals surface area contributed by atoms with E-state index < -0.39 is 20.9 Å². The molecule has 0 radical (unpaired) electrons. The van der Waals surface area contributed by atoms with Gasteiger partial charge in [-0.3, -0.25) is 13.6 Å². The zero-order valence-electron chi connectivity index (χ0n) is 32.2. The monoisotopic (exact) mass is 780 g/mol. The van der Waals surface area contributed by atoms with E-state index in [0.717, 1.165) is 97.1 Å². The number of amides is 1. The SMILES string of the molecule is CCCCOCCOc1ccc(-c2ccc3c(c2)N(CC(C)C)CCC[C@@H]3C(=O)Nc2ccc(S(=O)Cc3cncn3CCC)cc2)cc1.CS(=O)(=O)O. The lowest BCUT2D eigenvalue weighted by atomic mass is 9.91. The maximum atomic E-state index is 13.9. The van der Waals surface area contributed by atoms with E-state index in [1.807, 2.05) is 36.4 Å². The fourth-order valence-electron chi connectivity index (χ4n) is 6.31. The first-order valence-corrected chi connectivity index (χ1v) is 21.9. The summed E-state index contributed by atoms with van der Waals surface area (Å²) in [5.41, 5.74) is 6.08. The number of rotatable bonds is 17. The average Bonchev–Trinajstić information content (AvgIpc) is 3.48. The van der Waals surface area contributed by atoms with Crippen LogP contribution in [0.1, 0.15) is 77.0 Å². The molecule has 1 aromatic heterocycles. The van der Waals surface area contributed by atoms with Gasteiger partial charge in [0.2, 0.25) is 5.91 Å². The van der Waals surface area contributed by atoms with Crippen LogP contribution < -0.4 is 15.0 Å². The summed E-state index contributed by atoms with van der Waals surface area (Å²) in [6.45, 7) is 13.3. The number of ether oxygens (including phenoxy) is 2. The second kappa shape index (κ2) is 21.2. The van der Waals surface area contributed by atoms with Gasteiger partial charge in [0, 0.05) is 48.7 Å². The highest BCUT2D eigenvalue weighted by Crippen LogP contribution is 2.39. The number of hydrogen-bond donors (Lipinski definition) is 2. The minimum Gasteiger partial charge on any atom is -0.491 e. The van der Waals surface area contributed by atoms with E-state index in [1.54, 1.807) is 12.5 Å². The van der Waals surface area contributed by atoms with Gasteiger partial charge >= 0.3 is 0 Å². The maximum Gasteiger partial charge on any atom is 0.261 e. The predicted molar refractivity (Wildman–Crippen MR) is 217 cm³/mol. The number of aryl methyl sites for hydroxylation is 1. The van der Waals surface area contributed by atoms with Crippen LogP contribution >= 0.6 is 0 Å². The molecule has 0 saturated heterocycles. The highest BCUT2D eigenvalue weighted by Gasteiger charge is 2.29. The minimum absolute atomic E-state index is 0.0158. The van der Waals surface area contributed by atoms with Crippen LogP contribution in [0.2, 0.25) is 0 Å². The number of nitrogens with one attached hydrogen (secondary N) is 1. The molecule has 0 saturated carbocycles. The highest BCUT2D eigenvalue weighted by molar-refractivity contribution is 7.85. The molecule has 0 bridgehead atoms. The summed E-state index contributed by atoms with van der Waals surface area (Å²) >= 11 is 0. The number of carbonyl (C=O) groups is 1. The van der Waals surface area contributed by atoms with Crippen molar-refractivity contribution in [2.24, 2.45) is 5.92 Å². The second-order valence-corrected chi connectivity index (χ2v) is 16.9. The molecule has 0 aliphatic carbocycles. The van der Waals surface area contributed by atoms with Crippen molar-refractivity contribution < 1.29 is 31.4 Å². The molecule has 13 heteroatoms. The lowest BCUT2D eigenvalue weighted by Crippen LogP contribution is -2.28. The Kier molecular flexibility index (Phi) is 16.7. The standard InChI is InChI=1S/C40H52N4O4S.CH4O3S/c1-5-7-22-47-23-24-48-35-15-10-31(11-16-35)32-12-19-37-38(9-8-21-43(27-30(3)4)39(37)25-32)40(45)42-33-13-17-36(18-14-33)49(46)28-34-26-41-29-44(34)20-6-2;1-5(2,3)4/h10-19,25-26,29-30,38H,5-9,20-24,27-28H2,1-4H3,(H,42,45);1H3,(H,2,3,4)/t38-,49?;/m0./s1. The lowest BCUT2D eigenvalue weighted by Gasteiger charge is -2.28. The smallest absolute Gasteiger partial charge is 0.261 e. The van der Waals surface area contributed by atoms with Crippen molar-refractivity contribution >= 4 is 38.2 Å². The number of benzene rings is 3. The molecule has 5 rings (SSSR count). The summed E-state index contributed by atoms with van der Waals surface area (Å²) in [6.07, 6.45) is 9.19. The van der Waals surface area contributed by atoms with E-state index in [0.29, 0.717) is 36.8 Å². The number of anilines is 2. The van der Waals surface area contributed by atoms with Gasteiger partial charge in [0.05, 0.1) is 47.4 Å². The molecule has 3 aromatic carbocycles. The summed E-state index contributed by atoms with van der Waals surface area (Å²) in [4.78, 5) is 21.3. The Bertz CT molecular complexity index is 1890. The molecule has 1 unspecified atom stereocenters. The van der Waals surface area contributed by atoms with E-state index in [-0.39, 0.29) is 11.8 Å². The third-order valence-electron chi connectivity index (χ3n) is 8.82. The summed E-state index contributed by atoms with van der Waals surface area (Å²) in [7, 11) is -4.87. The van der Waals surface area contributed by atoms with Gasteiger partial charge in [0.1, 0.15) is 12.4 Å². The lowest BCUT2D eigenvalue weighted by molar-refractivity contribution is -0.117. The molecule has 2 N–H and O–H groups in total. The van der Waals surface area contributed by atoms with Gasteiger partial charge in [-0.05, 0) is 90.8 Å². The van der Waals surface area contributed by atoms with E-state index >= 15 is 0 Å². The van der Waals surface area contributed by atoms with Crippen molar-refractivity contribution in [3.63, 3.8) is 0 Å². The van der Waals surface area contributed by atoms with Crippen molar-refractivity contribution in [3.8, 4) is 16.9 Å². The van der Waals surface area contributed by atoms with E-state index in [1.165, 1.54) is 0 Å². The molecule has 0 spiro atoms. The van der Waals surface area contributed by atoms with Crippen molar-refractivity contribution in [2.45, 2.75) is 82.9 Å². The predicted octanol–water partition coefficient (Wildman–Crippen LogP) is 7.95. The van der Waals surface area contributed by atoms with Gasteiger partial charge in [-0.1, -0.05) is 58.4 Å². The number of fused-ring (bicyclic) bond motifs is 1. The number of imidazole rings is 1. The maximum absolute atomic E-state index is 13.9. The molecule has 1 aliphatic rings. The van der Waals surface area contributed by atoms with Crippen LogP contribution in [0.5, 0.6) is 5.75 Å². The topological polar surface area (TPSA) is 140 Å². The van der Waals surface area contributed by atoms with Gasteiger partial charge in [-0.2, -0.15) is 8.42 Å². The number of aromatic nitrogens is 2. The van der Waals surface area contributed by atoms with Crippen LogP contribution in [-0.4, -0.2) is 71.8 Å². The number of unbranched alkanes of at least 4 members (excludes halogenated alkanes) is 1. The summed E-state index contributed by atoms with van der Waals surface area (Å²) in [5.74, 6) is 1.43. The Morgan fingerprint density at radius 1 is 1.00 bits per heavy atom. The van der Waals surface area contributed by atoms with Gasteiger partial charge in [0.25, 0.3) is 10.1 Å². The molecule has 294 valence electrons. The molecule has 4 aromatic rings. The zero-order chi connectivity index (χ0) is 39.1. The number of carbonyl (C=O) groups excluding carboxylic acids is 1. The second-order valence-electron chi connectivity index (χ2n) is 14.0. The van der Waals surface area contributed by atoms with E-state index in [4.69, 9.17) is 14.0 Å². The van der Waals surface area contributed by atoms with Crippen LogP contribution in [0.25, 0.3) is 11.1 Å². The van der Waals surface area contributed by atoms with E-state index in [9.17, 15) is 17.4 Å². The molecule has 2 heterocycles. The summed E-state index contributed by atoms with van der Waals surface area (Å²) in [6, 6.07) is 22.1. The molecular weight excluding hydrogens is 725 g/mol. The van der Waals surface area contributed by atoms with Crippen molar-refractivity contribution in [2.75, 3.05) is 49.4 Å². The minimum atomic E-state index is -3.67. The van der Waals surface area contributed by atoms with Gasteiger partial charge < -0.3 is 24.3 Å². The van der Waals surface area contributed by atoms with Crippen LogP contribution in [0, 0.1) is 5.92 Å². The first kappa shape index (κ1) is 42.7. The highest BCUT2D eigenvalue weighted by atomic mass is 32.2. The zero-order valence-corrected chi connectivity index (χ0v) is 33.8. The Labute approximate surface area is 323 Å². The Hall–Kier alpha value is -4.04. The Balaban J connectivity index is 0.00000122. The first-order chi connectivity index (χ1) is 25.9. The fourth-order valence-corrected chi connectivity index (χ4v) is 7.43. The normalized spacial score (nSPS) is 14.8. The molecular formula is C41H56N4O7S2. The third kappa shape index (κ3) is 13.7. The van der Waals surface area contributed by atoms with Gasteiger partial charge in [0.15, 0.2) is 0 Å². The molecule has 54 heavy (non-hydrogen) atoms.